The van der Waals surface area contributed by atoms with Crippen molar-refractivity contribution in [3.63, 3.8) is 0 Å². The Morgan fingerprint density at radius 2 is 1.89 bits per heavy atom. The molecule has 18 heavy (non-hydrogen) atoms. The number of nitrogens with zero attached hydrogens (tertiary/aromatic N) is 1. The van der Waals surface area contributed by atoms with Crippen LogP contribution in [0, 0.1) is 0 Å². The Bertz CT molecular complexity index is 595. The highest BCUT2D eigenvalue weighted by Gasteiger charge is 2.13. The van der Waals surface area contributed by atoms with Gasteiger partial charge in [0.2, 0.25) is 0 Å². The van der Waals surface area contributed by atoms with Gasteiger partial charge in [0.15, 0.2) is 5.69 Å². The number of methoxy groups -OCH3 is 3. The molecule has 0 radical (unpaired) electrons. The predicted octanol–water partition coefficient (Wildman–Crippen LogP) is 2.04. The SMILES string of the molecule is COC(=O)c1cc(OC)c2ccc(OC)cc2n1. The number of rotatable bonds is 3. The Morgan fingerprint density at radius 3 is 2.50 bits per heavy atom. The van der Waals surface area contributed by atoms with Crippen molar-refractivity contribution in [1.29, 1.82) is 0 Å². The van der Waals surface area contributed by atoms with E-state index >= 15 is 0 Å². The number of aromatic nitrogens is 1. The lowest BCUT2D eigenvalue weighted by Gasteiger charge is -2.08. The fourth-order valence-corrected chi connectivity index (χ4v) is 1.68. The largest absolute Gasteiger partial charge is 0.497 e. The summed E-state index contributed by atoms with van der Waals surface area (Å²) in [6.07, 6.45) is 0. The van der Waals surface area contributed by atoms with Gasteiger partial charge in [0.25, 0.3) is 0 Å². The van der Waals surface area contributed by atoms with Crippen LogP contribution >= 0.6 is 0 Å². The van der Waals surface area contributed by atoms with E-state index in [0.717, 1.165) is 5.39 Å². The molecule has 0 unspecified atom stereocenters. The molecule has 5 heteroatoms. The summed E-state index contributed by atoms with van der Waals surface area (Å²) in [4.78, 5) is 15.7. The quantitative estimate of drug-likeness (QED) is 0.777. The van der Waals surface area contributed by atoms with Gasteiger partial charge in [-0.05, 0) is 12.1 Å². The van der Waals surface area contributed by atoms with E-state index in [9.17, 15) is 4.79 Å². The van der Waals surface area contributed by atoms with E-state index in [1.807, 2.05) is 12.1 Å². The topological polar surface area (TPSA) is 57.7 Å². The van der Waals surface area contributed by atoms with Crippen LogP contribution in [0.5, 0.6) is 11.5 Å². The van der Waals surface area contributed by atoms with Crippen LogP contribution < -0.4 is 9.47 Å². The van der Waals surface area contributed by atoms with E-state index in [1.54, 1.807) is 26.4 Å². The first-order valence-electron chi connectivity index (χ1n) is 5.30. The first-order valence-corrected chi connectivity index (χ1v) is 5.30. The number of fused-ring (bicyclic) bond motifs is 1. The predicted molar refractivity (Wildman–Crippen MR) is 66.2 cm³/mol. The van der Waals surface area contributed by atoms with E-state index < -0.39 is 5.97 Å². The zero-order valence-electron chi connectivity index (χ0n) is 10.4. The Balaban J connectivity index is 2.67. The molecule has 94 valence electrons. The highest BCUT2D eigenvalue weighted by Crippen LogP contribution is 2.28. The van der Waals surface area contributed by atoms with Crippen LogP contribution in [0.25, 0.3) is 10.9 Å². The molecule has 0 amide bonds. The molecule has 0 saturated heterocycles. The number of carbonyl (C=O) groups excluding carboxylic acids is 1. The lowest BCUT2D eigenvalue weighted by Crippen LogP contribution is -2.05. The molecule has 0 fully saturated rings. The summed E-state index contributed by atoms with van der Waals surface area (Å²) in [5.74, 6) is 0.736. The molecule has 0 aliphatic heterocycles. The molecule has 0 saturated carbocycles. The molecule has 2 aromatic rings. The van der Waals surface area contributed by atoms with Crippen molar-refractivity contribution in [3.8, 4) is 11.5 Å². The summed E-state index contributed by atoms with van der Waals surface area (Å²) in [7, 11) is 4.43. The molecule has 0 atom stereocenters. The van der Waals surface area contributed by atoms with Crippen LogP contribution in [-0.4, -0.2) is 32.3 Å². The van der Waals surface area contributed by atoms with Crippen LogP contribution in [0.15, 0.2) is 24.3 Å². The van der Waals surface area contributed by atoms with E-state index in [0.29, 0.717) is 17.0 Å². The third kappa shape index (κ3) is 2.07. The van der Waals surface area contributed by atoms with Gasteiger partial charge in [-0.1, -0.05) is 0 Å². The Kier molecular flexibility index (Phi) is 3.32. The number of hydrogen-bond donors (Lipinski definition) is 0. The van der Waals surface area contributed by atoms with Crippen molar-refractivity contribution < 1.29 is 19.0 Å². The minimum Gasteiger partial charge on any atom is -0.497 e. The molecule has 0 aliphatic rings. The minimum atomic E-state index is -0.502. The second-order valence-corrected chi connectivity index (χ2v) is 3.58. The summed E-state index contributed by atoms with van der Waals surface area (Å²) >= 11 is 0. The van der Waals surface area contributed by atoms with Crippen LogP contribution in [0.2, 0.25) is 0 Å². The molecular weight excluding hydrogens is 234 g/mol. The molecule has 0 spiro atoms. The van der Waals surface area contributed by atoms with E-state index in [2.05, 4.69) is 9.72 Å². The lowest BCUT2D eigenvalue weighted by molar-refractivity contribution is 0.0594. The van der Waals surface area contributed by atoms with Crippen LogP contribution in [-0.2, 0) is 4.74 Å². The number of benzene rings is 1. The minimum absolute atomic E-state index is 0.204. The van der Waals surface area contributed by atoms with E-state index in [4.69, 9.17) is 9.47 Å². The summed E-state index contributed by atoms with van der Waals surface area (Å²) in [6.45, 7) is 0. The second kappa shape index (κ2) is 4.91. The van der Waals surface area contributed by atoms with Crippen molar-refractivity contribution in [2.75, 3.05) is 21.3 Å². The number of ether oxygens (including phenoxy) is 3. The molecular formula is C13H13NO4. The first kappa shape index (κ1) is 12.2. The summed E-state index contributed by atoms with van der Waals surface area (Å²) < 4.78 is 15.0. The number of carbonyl (C=O) groups is 1. The van der Waals surface area contributed by atoms with Crippen LogP contribution in [0.4, 0.5) is 0 Å². The maximum Gasteiger partial charge on any atom is 0.356 e. The fourth-order valence-electron chi connectivity index (χ4n) is 1.68. The normalized spacial score (nSPS) is 10.2. The smallest absolute Gasteiger partial charge is 0.356 e. The third-order valence-electron chi connectivity index (χ3n) is 2.59. The zero-order valence-corrected chi connectivity index (χ0v) is 10.4. The highest BCUT2D eigenvalue weighted by atomic mass is 16.5. The number of esters is 1. The van der Waals surface area contributed by atoms with Gasteiger partial charge in [0.05, 0.1) is 26.8 Å². The Labute approximate surface area is 104 Å². The maximum absolute atomic E-state index is 11.5. The Hall–Kier alpha value is -2.30. The van der Waals surface area contributed by atoms with Crippen LogP contribution in [0.3, 0.4) is 0 Å². The van der Waals surface area contributed by atoms with Gasteiger partial charge >= 0.3 is 5.97 Å². The summed E-state index contributed by atoms with van der Waals surface area (Å²) in [5, 5.41) is 0.811. The van der Waals surface area contributed by atoms with Gasteiger partial charge in [-0.25, -0.2) is 9.78 Å². The van der Waals surface area contributed by atoms with Gasteiger partial charge in [-0.15, -0.1) is 0 Å². The standard InChI is InChI=1S/C13H13NO4/c1-16-8-4-5-9-10(6-8)14-11(13(15)18-3)7-12(9)17-2/h4-7H,1-3H3. The first-order chi connectivity index (χ1) is 8.69. The second-order valence-electron chi connectivity index (χ2n) is 3.58. The van der Waals surface area contributed by atoms with Crippen LogP contribution in [0.1, 0.15) is 10.5 Å². The summed E-state index contributed by atoms with van der Waals surface area (Å²) in [5.41, 5.74) is 0.823. The van der Waals surface area contributed by atoms with E-state index in [1.165, 1.54) is 7.11 Å². The highest BCUT2D eigenvalue weighted by molar-refractivity contribution is 5.94. The van der Waals surface area contributed by atoms with Crippen molar-refractivity contribution in [3.05, 3.63) is 30.0 Å². The lowest BCUT2D eigenvalue weighted by atomic mass is 10.1. The van der Waals surface area contributed by atoms with Gasteiger partial charge in [-0.3, -0.25) is 0 Å². The molecule has 1 aromatic heterocycles. The van der Waals surface area contributed by atoms with Crippen molar-refractivity contribution in [2.45, 2.75) is 0 Å². The van der Waals surface area contributed by atoms with Gasteiger partial charge in [0, 0.05) is 17.5 Å². The fraction of sp³-hybridized carbons (Fsp3) is 0.231. The third-order valence-corrected chi connectivity index (χ3v) is 2.59. The maximum atomic E-state index is 11.5. The molecule has 0 bridgehead atoms. The van der Waals surface area contributed by atoms with Gasteiger partial charge < -0.3 is 14.2 Å². The Morgan fingerprint density at radius 1 is 1.11 bits per heavy atom. The molecule has 5 nitrogen and oxygen atoms in total. The van der Waals surface area contributed by atoms with Crippen molar-refractivity contribution in [2.24, 2.45) is 0 Å². The average Bonchev–Trinajstić information content (AvgIpc) is 2.44. The number of pyridine rings is 1. The number of hydrogen-bond acceptors (Lipinski definition) is 5. The van der Waals surface area contributed by atoms with E-state index in [-0.39, 0.29) is 5.69 Å². The molecule has 1 aromatic carbocycles. The molecule has 2 rings (SSSR count). The van der Waals surface area contributed by atoms with Gasteiger partial charge in [0.1, 0.15) is 11.5 Å². The van der Waals surface area contributed by atoms with Crippen molar-refractivity contribution in [1.82, 2.24) is 4.98 Å². The monoisotopic (exact) mass is 247 g/mol. The molecule has 0 N–H and O–H groups in total. The molecule has 0 aliphatic carbocycles. The molecule has 1 heterocycles. The van der Waals surface area contributed by atoms with Crippen molar-refractivity contribution >= 4 is 16.9 Å². The summed E-state index contributed by atoms with van der Waals surface area (Å²) in [6, 6.07) is 6.94. The van der Waals surface area contributed by atoms with Gasteiger partial charge in [-0.2, -0.15) is 0 Å². The zero-order chi connectivity index (χ0) is 13.1. The average molecular weight is 247 g/mol.